The molecule has 0 aliphatic rings. The first kappa shape index (κ1) is 22.8. The maximum absolute atomic E-state index is 14.5. The molecule has 0 spiro atoms. The Morgan fingerprint density at radius 1 is 1.04 bits per heavy atom. The second-order valence-corrected chi connectivity index (χ2v) is 8.39. The van der Waals surface area contributed by atoms with Crippen LogP contribution >= 0.6 is 7.60 Å². The van der Waals surface area contributed by atoms with E-state index in [4.69, 9.17) is 18.5 Å². The molecule has 1 rings (SSSR count). The standard InChI is InChI=1S/C17H27F2O6P/c1-12(2)24-26(21,25-13(3)4)17(18,19)10-14(20)11-23-16-8-6-15(22-5)7-9-16/h6-9,12-14,20H,10-11H2,1-5H3. The van der Waals surface area contributed by atoms with E-state index in [0.29, 0.717) is 11.5 Å². The van der Waals surface area contributed by atoms with Crippen LogP contribution in [0.15, 0.2) is 24.3 Å². The third kappa shape index (κ3) is 6.83. The summed E-state index contributed by atoms with van der Waals surface area (Å²) < 4.78 is 61.7. The van der Waals surface area contributed by atoms with E-state index in [1.165, 1.54) is 34.8 Å². The molecule has 0 heterocycles. The number of benzene rings is 1. The Kier molecular flexibility index (Phi) is 8.47. The summed E-state index contributed by atoms with van der Waals surface area (Å²) in [6.07, 6.45) is -4.12. The van der Waals surface area contributed by atoms with Crippen molar-refractivity contribution in [2.75, 3.05) is 13.7 Å². The molecule has 0 radical (unpaired) electrons. The highest BCUT2D eigenvalue weighted by molar-refractivity contribution is 7.55. The molecule has 0 saturated carbocycles. The van der Waals surface area contributed by atoms with Crippen LogP contribution in [0.3, 0.4) is 0 Å². The van der Waals surface area contributed by atoms with E-state index in [9.17, 15) is 18.5 Å². The van der Waals surface area contributed by atoms with Gasteiger partial charge in [-0.2, -0.15) is 8.78 Å². The van der Waals surface area contributed by atoms with Crippen LogP contribution in [0.1, 0.15) is 34.1 Å². The van der Waals surface area contributed by atoms with E-state index in [1.807, 2.05) is 0 Å². The maximum Gasteiger partial charge on any atom is 0.400 e. The van der Waals surface area contributed by atoms with Gasteiger partial charge in [-0.1, -0.05) is 0 Å². The molecule has 6 nitrogen and oxygen atoms in total. The van der Waals surface area contributed by atoms with Gasteiger partial charge in [0.2, 0.25) is 0 Å². The van der Waals surface area contributed by atoms with Crippen molar-refractivity contribution in [1.82, 2.24) is 0 Å². The average molecular weight is 396 g/mol. The molecule has 26 heavy (non-hydrogen) atoms. The number of hydrogen-bond donors (Lipinski definition) is 1. The predicted molar refractivity (Wildman–Crippen MR) is 94.1 cm³/mol. The van der Waals surface area contributed by atoms with Gasteiger partial charge in [-0.3, -0.25) is 4.57 Å². The lowest BCUT2D eigenvalue weighted by atomic mass is 10.2. The molecule has 0 fully saturated rings. The van der Waals surface area contributed by atoms with Gasteiger partial charge in [0.05, 0.1) is 31.8 Å². The fourth-order valence-corrected chi connectivity index (χ4v) is 3.96. The molecular formula is C17H27F2O6P. The van der Waals surface area contributed by atoms with Crippen LogP contribution < -0.4 is 9.47 Å². The molecule has 9 heteroatoms. The topological polar surface area (TPSA) is 74.2 Å². The quantitative estimate of drug-likeness (QED) is 0.557. The van der Waals surface area contributed by atoms with Crippen molar-refractivity contribution in [1.29, 1.82) is 0 Å². The summed E-state index contributed by atoms with van der Waals surface area (Å²) in [5.74, 6) is 0.996. The molecule has 1 atom stereocenters. The molecule has 1 aromatic carbocycles. The lowest BCUT2D eigenvalue weighted by molar-refractivity contribution is -0.0264. The second kappa shape index (κ2) is 9.65. The van der Waals surface area contributed by atoms with Gasteiger partial charge >= 0.3 is 13.3 Å². The first-order valence-corrected chi connectivity index (χ1v) is 9.83. The Bertz CT molecular complexity index is 577. The maximum atomic E-state index is 14.5. The third-order valence-corrected chi connectivity index (χ3v) is 5.47. The van der Waals surface area contributed by atoms with Gasteiger partial charge in [0.25, 0.3) is 0 Å². The second-order valence-electron chi connectivity index (χ2n) is 6.32. The summed E-state index contributed by atoms with van der Waals surface area (Å²) in [5, 5.41) is 9.92. The van der Waals surface area contributed by atoms with E-state index < -0.39 is 44.6 Å². The first-order valence-electron chi connectivity index (χ1n) is 8.28. The minimum absolute atomic E-state index is 0.383. The summed E-state index contributed by atoms with van der Waals surface area (Å²) in [4.78, 5) is 0. The van der Waals surface area contributed by atoms with Crippen LogP contribution in [0, 0.1) is 0 Å². The van der Waals surface area contributed by atoms with E-state index >= 15 is 0 Å². The van der Waals surface area contributed by atoms with Crippen LogP contribution in [0.5, 0.6) is 11.5 Å². The molecule has 1 N–H and O–H groups in total. The molecule has 1 aromatic rings. The zero-order valence-electron chi connectivity index (χ0n) is 15.6. The molecule has 150 valence electrons. The molecule has 0 saturated heterocycles. The summed E-state index contributed by atoms with van der Waals surface area (Å²) in [6.45, 7) is 5.53. The van der Waals surface area contributed by atoms with Crippen molar-refractivity contribution < 1.29 is 37.0 Å². The fraction of sp³-hybridized carbons (Fsp3) is 0.647. The van der Waals surface area contributed by atoms with Gasteiger partial charge in [-0.15, -0.1) is 0 Å². The Morgan fingerprint density at radius 2 is 1.50 bits per heavy atom. The van der Waals surface area contributed by atoms with Gasteiger partial charge in [-0.05, 0) is 52.0 Å². The van der Waals surface area contributed by atoms with Crippen LogP contribution in [0.25, 0.3) is 0 Å². The van der Waals surface area contributed by atoms with Crippen molar-refractivity contribution in [3.8, 4) is 11.5 Å². The number of aliphatic hydroxyl groups is 1. The zero-order chi connectivity index (χ0) is 20.0. The number of hydrogen-bond acceptors (Lipinski definition) is 6. The van der Waals surface area contributed by atoms with Gasteiger partial charge < -0.3 is 23.6 Å². The zero-order valence-corrected chi connectivity index (χ0v) is 16.5. The molecular weight excluding hydrogens is 369 g/mol. The normalized spacial score (nSPS) is 13.9. The summed E-state index contributed by atoms with van der Waals surface area (Å²) in [6, 6.07) is 6.44. The number of ether oxygens (including phenoxy) is 2. The largest absolute Gasteiger partial charge is 0.497 e. The number of rotatable bonds is 11. The lowest BCUT2D eigenvalue weighted by Crippen LogP contribution is -2.31. The third-order valence-electron chi connectivity index (χ3n) is 3.08. The van der Waals surface area contributed by atoms with Gasteiger partial charge in [0.15, 0.2) is 0 Å². The lowest BCUT2D eigenvalue weighted by Gasteiger charge is -2.30. The van der Waals surface area contributed by atoms with E-state index in [-0.39, 0.29) is 0 Å². The van der Waals surface area contributed by atoms with Crippen molar-refractivity contribution in [2.45, 2.75) is 58.1 Å². The molecule has 0 amide bonds. The SMILES string of the molecule is COc1ccc(OCC(O)CC(F)(F)P(=O)(OC(C)C)OC(C)C)cc1. The highest BCUT2D eigenvalue weighted by atomic mass is 31.2. The molecule has 0 aliphatic heterocycles. The summed E-state index contributed by atoms with van der Waals surface area (Å²) >= 11 is 0. The fourth-order valence-electron chi connectivity index (χ4n) is 2.05. The molecule has 0 aromatic heterocycles. The number of halogens is 2. The first-order chi connectivity index (χ1) is 12.0. The van der Waals surface area contributed by atoms with Crippen LogP contribution in [-0.4, -0.2) is 42.8 Å². The highest BCUT2D eigenvalue weighted by Gasteiger charge is 2.55. The van der Waals surface area contributed by atoms with Crippen molar-refractivity contribution in [2.24, 2.45) is 0 Å². The monoisotopic (exact) mass is 396 g/mol. The molecule has 0 aliphatic carbocycles. The minimum atomic E-state index is -4.76. The molecule has 1 unspecified atom stereocenters. The number of aliphatic hydroxyl groups excluding tert-OH is 1. The highest BCUT2D eigenvalue weighted by Crippen LogP contribution is 2.64. The average Bonchev–Trinajstić information content (AvgIpc) is 2.51. The van der Waals surface area contributed by atoms with Gasteiger partial charge in [-0.25, -0.2) is 0 Å². The van der Waals surface area contributed by atoms with Crippen LogP contribution in [-0.2, 0) is 13.6 Å². The Labute approximate surface area is 152 Å². The number of methoxy groups -OCH3 is 1. The summed E-state index contributed by atoms with van der Waals surface area (Å²) in [7, 11) is -3.25. The van der Waals surface area contributed by atoms with Crippen molar-refractivity contribution in [3.63, 3.8) is 0 Å². The van der Waals surface area contributed by atoms with Crippen molar-refractivity contribution >= 4 is 7.60 Å². The van der Waals surface area contributed by atoms with E-state index in [2.05, 4.69) is 0 Å². The number of alkyl halides is 2. The minimum Gasteiger partial charge on any atom is -0.497 e. The van der Waals surface area contributed by atoms with E-state index in [1.54, 1.807) is 24.3 Å². The Morgan fingerprint density at radius 3 is 1.92 bits per heavy atom. The van der Waals surface area contributed by atoms with Gasteiger partial charge in [0, 0.05) is 0 Å². The molecule has 0 bridgehead atoms. The predicted octanol–water partition coefficient (Wildman–Crippen LogP) is 4.46. The summed E-state index contributed by atoms with van der Waals surface area (Å²) in [5.41, 5.74) is -3.86. The van der Waals surface area contributed by atoms with Gasteiger partial charge in [0.1, 0.15) is 18.1 Å². The van der Waals surface area contributed by atoms with Crippen LogP contribution in [0.4, 0.5) is 8.78 Å². The Hall–Kier alpha value is -1.21. The Balaban J connectivity index is 2.73. The van der Waals surface area contributed by atoms with E-state index in [0.717, 1.165) is 0 Å². The van der Waals surface area contributed by atoms with Crippen LogP contribution in [0.2, 0.25) is 0 Å². The smallest absolute Gasteiger partial charge is 0.400 e. The van der Waals surface area contributed by atoms with Crippen molar-refractivity contribution in [3.05, 3.63) is 24.3 Å².